The van der Waals surface area contributed by atoms with Crippen LogP contribution in [0.3, 0.4) is 0 Å². The quantitative estimate of drug-likeness (QED) is 0.846. The number of hydrogen-bond donors (Lipinski definition) is 1. The zero-order valence-electron chi connectivity index (χ0n) is 15.6. The number of fused-ring (bicyclic) bond motifs is 1. The fourth-order valence-electron chi connectivity index (χ4n) is 3.15. The van der Waals surface area contributed by atoms with E-state index in [1.807, 2.05) is 18.2 Å². The minimum atomic E-state index is -3.84. The number of sulfonamides is 1. The fourth-order valence-corrected chi connectivity index (χ4v) is 5.10. The van der Waals surface area contributed by atoms with E-state index in [4.69, 9.17) is 11.6 Å². The second-order valence-corrected chi connectivity index (χ2v) is 9.80. The first-order valence-electron chi connectivity index (χ1n) is 8.76. The molecule has 0 spiro atoms. The zero-order chi connectivity index (χ0) is 19.8. The summed E-state index contributed by atoms with van der Waals surface area (Å²) in [5.41, 5.74) is 2.02. The maximum Gasteiger partial charge on any atom is 0.254 e. The molecule has 144 valence electrons. The highest BCUT2D eigenvalue weighted by Crippen LogP contribution is 2.26. The van der Waals surface area contributed by atoms with E-state index in [2.05, 4.69) is 10.8 Å². The molecule has 27 heavy (non-hydrogen) atoms. The smallest absolute Gasteiger partial charge is 0.254 e. The molecule has 2 aromatic rings. The summed E-state index contributed by atoms with van der Waals surface area (Å²) in [6.45, 7) is 6.36. The molecule has 1 N–H and O–H groups in total. The van der Waals surface area contributed by atoms with Gasteiger partial charge in [0.2, 0.25) is 10.0 Å². The number of nitrogens with one attached hydrogen (secondary N) is 1. The molecule has 0 bridgehead atoms. The van der Waals surface area contributed by atoms with E-state index in [0.717, 1.165) is 12.0 Å². The molecule has 0 saturated heterocycles. The van der Waals surface area contributed by atoms with Gasteiger partial charge in [0, 0.05) is 24.2 Å². The predicted molar refractivity (Wildman–Crippen MR) is 106 cm³/mol. The van der Waals surface area contributed by atoms with Crippen LogP contribution < -0.4 is 4.72 Å². The van der Waals surface area contributed by atoms with Gasteiger partial charge in [-0.05, 0) is 56.5 Å². The molecular formula is C20H23ClN2O3S. The highest BCUT2D eigenvalue weighted by Gasteiger charge is 2.27. The van der Waals surface area contributed by atoms with Crippen molar-refractivity contribution in [1.29, 1.82) is 0 Å². The standard InChI is InChI=1S/C20H23ClN2O3S/c1-20(2,3)22-27(25,26)18-12-15(8-9-17(18)21)19(24)23-11-10-14-6-4-5-7-16(14)13-23/h4-9,12,22H,10-11,13H2,1-3H3. The Balaban J connectivity index is 1.89. The van der Waals surface area contributed by atoms with E-state index in [1.165, 1.54) is 17.7 Å². The molecule has 1 aliphatic rings. The number of nitrogens with zero attached hydrogens (tertiary/aromatic N) is 1. The molecule has 0 fully saturated rings. The zero-order valence-corrected chi connectivity index (χ0v) is 17.2. The molecule has 1 heterocycles. The van der Waals surface area contributed by atoms with Crippen LogP contribution in [0.5, 0.6) is 0 Å². The van der Waals surface area contributed by atoms with Gasteiger partial charge in [-0.3, -0.25) is 4.79 Å². The summed E-state index contributed by atoms with van der Waals surface area (Å²) in [6, 6.07) is 12.4. The van der Waals surface area contributed by atoms with Crippen LogP contribution in [0.1, 0.15) is 42.3 Å². The molecule has 1 aliphatic heterocycles. The van der Waals surface area contributed by atoms with E-state index in [-0.39, 0.29) is 15.8 Å². The third-order valence-corrected chi connectivity index (χ3v) is 6.57. The molecule has 3 rings (SSSR count). The monoisotopic (exact) mass is 406 g/mol. The second-order valence-electron chi connectivity index (χ2n) is 7.75. The fraction of sp³-hybridized carbons (Fsp3) is 0.350. The second kappa shape index (κ2) is 7.26. The summed E-state index contributed by atoms with van der Waals surface area (Å²) in [6.07, 6.45) is 0.784. The van der Waals surface area contributed by atoms with Gasteiger partial charge < -0.3 is 4.90 Å². The molecule has 5 nitrogen and oxygen atoms in total. The van der Waals surface area contributed by atoms with E-state index in [1.54, 1.807) is 31.7 Å². The Bertz CT molecular complexity index is 981. The Morgan fingerprint density at radius 1 is 1.11 bits per heavy atom. The number of halogens is 1. The van der Waals surface area contributed by atoms with Gasteiger partial charge in [-0.15, -0.1) is 0 Å². The van der Waals surface area contributed by atoms with Gasteiger partial charge in [-0.25, -0.2) is 13.1 Å². The third kappa shape index (κ3) is 4.51. The van der Waals surface area contributed by atoms with Crippen molar-refractivity contribution in [3.8, 4) is 0 Å². The summed E-state index contributed by atoms with van der Waals surface area (Å²) in [5, 5.41) is 0.0901. The van der Waals surface area contributed by atoms with Gasteiger partial charge in [0.25, 0.3) is 5.91 Å². The Morgan fingerprint density at radius 3 is 2.44 bits per heavy atom. The van der Waals surface area contributed by atoms with Crippen LogP contribution in [0, 0.1) is 0 Å². The maximum absolute atomic E-state index is 13.0. The molecule has 2 aromatic carbocycles. The Kier molecular flexibility index (Phi) is 5.34. The first-order chi connectivity index (χ1) is 12.6. The van der Waals surface area contributed by atoms with E-state index in [9.17, 15) is 13.2 Å². The summed E-state index contributed by atoms with van der Waals surface area (Å²) in [4.78, 5) is 14.6. The molecule has 0 unspecified atom stereocenters. The van der Waals surface area contributed by atoms with Crippen LogP contribution in [0.15, 0.2) is 47.4 Å². The summed E-state index contributed by atoms with van der Waals surface area (Å²) >= 11 is 6.12. The van der Waals surface area contributed by atoms with Gasteiger partial charge in [0.15, 0.2) is 0 Å². The van der Waals surface area contributed by atoms with E-state index in [0.29, 0.717) is 18.7 Å². The lowest BCUT2D eigenvalue weighted by Crippen LogP contribution is -2.40. The molecular weight excluding hydrogens is 384 g/mol. The van der Waals surface area contributed by atoms with E-state index < -0.39 is 15.6 Å². The Labute approximate surface area is 165 Å². The molecule has 7 heteroatoms. The highest BCUT2D eigenvalue weighted by molar-refractivity contribution is 7.89. The minimum absolute atomic E-state index is 0.0812. The maximum atomic E-state index is 13.0. The van der Waals surface area contributed by atoms with Crippen LogP contribution in [0.4, 0.5) is 0 Å². The number of carbonyl (C=O) groups is 1. The van der Waals surface area contributed by atoms with Gasteiger partial charge in [0.1, 0.15) is 4.90 Å². The van der Waals surface area contributed by atoms with Crippen LogP contribution in [-0.4, -0.2) is 31.3 Å². The average molecular weight is 407 g/mol. The molecule has 0 aromatic heterocycles. The lowest BCUT2D eigenvalue weighted by Gasteiger charge is -2.29. The molecule has 0 aliphatic carbocycles. The number of amides is 1. The number of hydrogen-bond acceptors (Lipinski definition) is 3. The van der Waals surface area contributed by atoms with Crippen molar-refractivity contribution in [2.75, 3.05) is 6.54 Å². The molecule has 0 atom stereocenters. The van der Waals surface area contributed by atoms with Crippen molar-refractivity contribution in [2.45, 2.75) is 44.2 Å². The van der Waals surface area contributed by atoms with Gasteiger partial charge >= 0.3 is 0 Å². The lowest BCUT2D eigenvalue weighted by molar-refractivity contribution is 0.0734. The van der Waals surface area contributed by atoms with Crippen molar-refractivity contribution in [1.82, 2.24) is 9.62 Å². The third-order valence-electron chi connectivity index (χ3n) is 4.33. The van der Waals surface area contributed by atoms with Crippen LogP contribution in [0.25, 0.3) is 0 Å². The highest BCUT2D eigenvalue weighted by atomic mass is 35.5. The topological polar surface area (TPSA) is 66.5 Å². The summed E-state index contributed by atoms with van der Waals surface area (Å²) < 4.78 is 27.9. The van der Waals surface area contributed by atoms with Gasteiger partial charge in [-0.2, -0.15) is 0 Å². The Morgan fingerprint density at radius 2 is 1.78 bits per heavy atom. The molecule has 0 radical (unpaired) electrons. The van der Waals surface area contributed by atoms with Crippen LogP contribution in [0.2, 0.25) is 5.02 Å². The summed E-state index contributed by atoms with van der Waals surface area (Å²) in [7, 11) is -3.84. The normalized spacial score (nSPS) is 14.7. The number of rotatable bonds is 3. The number of carbonyl (C=O) groups excluding carboxylic acids is 1. The van der Waals surface area contributed by atoms with Crippen molar-refractivity contribution in [2.24, 2.45) is 0 Å². The SMILES string of the molecule is CC(C)(C)NS(=O)(=O)c1cc(C(=O)N2CCc3ccccc3C2)ccc1Cl. The van der Waals surface area contributed by atoms with Gasteiger partial charge in [0.05, 0.1) is 5.02 Å². The predicted octanol–water partition coefficient (Wildman–Crippen LogP) is 3.62. The van der Waals surface area contributed by atoms with Crippen molar-refractivity contribution < 1.29 is 13.2 Å². The van der Waals surface area contributed by atoms with Crippen molar-refractivity contribution in [3.05, 3.63) is 64.2 Å². The van der Waals surface area contributed by atoms with Crippen LogP contribution in [-0.2, 0) is 23.0 Å². The van der Waals surface area contributed by atoms with E-state index >= 15 is 0 Å². The Hall–Kier alpha value is -1.89. The lowest BCUT2D eigenvalue weighted by atomic mass is 9.99. The molecule has 0 saturated carbocycles. The minimum Gasteiger partial charge on any atom is -0.334 e. The first kappa shape index (κ1) is 19.9. The molecule has 1 amide bonds. The van der Waals surface area contributed by atoms with Crippen molar-refractivity contribution >= 4 is 27.5 Å². The summed E-state index contributed by atoms with van der Waals surface area (Å²) in [5.74, 6) is -0.201. The van der Waals surface area contributed by atoms with Crippen molar-refractivity contribution in [3.63, 3.8) is 0 Å². The van der Waals surface area contributed by atoms with Crippen LogP contribution >= 0.6 is 11.6 Å². The van der Waals surface area contributed by atoms with Gasteiger partial charge in [-0.1, -0.05) is 35.9 Å². The largest absolute Gasteiger partial charge is 0.334 e. The average Bonchev–Trinajstić information content (AvgIpc) is 2.59. The first-order valence-corrected chi connectivity index (χ1v) is 10.6. The number of benzene rings is 2.